The van der Waals surface area contributed by atoms with Gasteiger partial charge in [-0.15, -0.1) is 0 Å². The van der Waals surface area contributed by atoms with Crippen LogP contribution in [-0.4, -0.2) is 55.3 Å². The normalized spacial score (nSPS) is 13.5. The number of nitrogens with one attached hydrogen (secondary N) is 1. The van der Waals surface area contributed by atoms with Crippen molar-refractivity contribution in [3.63, 3.8) is 0 Å². The summed E-state index contributed by atoms with van der Waals surface area (Å²) in [5, 5.41) is 12.6. The third-order valence-corrected chi connectivity index (χ3v) is 5.99. The zero-order valence-corrected chi connectivity index (χ0v) is 19.5. The monoisotopic (exact) mass is 460 g/mol. The van der Waals surface area contributed by atoms with Gasteiger partial charge in [-0.1, -0.05) is 12.1 Å². The first-order valence-corrected chi connectivity index (χ1v) is 11.1. The largest absolute Gasteiger partial charge is 0.497 e. The fourth-order valence-electron chi connectivity index (χ4n) is 4.10. The van der Waals surface area contributed by atoms with Crippen molar-refractivity contribution >= 4 is 29.1 Å². The number of aryl methyl sites for hydroxylation is 2. The molecule has 1 amide bonds. The van der Waals surface area contributed by atoms with Crippen molar-refractivity contribution in [2.24, 2.45) is 0 Å². The molecule has 0 unspecified atom stereocenters. The minimum atomic E-state index is -1.08. The van der Waals surface area contributed by atoms with Crippen molar-refractivity contribution in [2.75, 3.05) is 48.4 Å². The first-order valence-electron chi connectivity index (χ1n) is 11.1. The maximum absolute atomic E-state index is 12.6. The highest BCUT2D eigenvalue weighted by Gasteiger charge is 2.24. The first-order chi connectivity index (χ1) is 16.4. The van der Waals surface area contributed by atoms with Gasteiger partial charge < -0.3 is 25.0 Å². The molecule has 0 aliphatic carbocycles. The standard InChI is InChI=1S/C26H28N4O4/c1-17-4-5-18(2)23(14-17)29-10-12-30(13-11-29)24-22(26(32)33)15-20(16-27-24)28-25(31)19-6-8-21(34-3)9-7-19/h4-9,14-16H,10-13H2,1-3H3,(H,28,31)(H,32,33). The van der Waals surface area contributed by atoms with Crippen LogP contribution in [0.1, 0.15) is 31.8 Å². The first kappa shape index (κ1) is 23.1. The van der Waals surface area contributed by atoms with Crippen molar-refractivity contribution in [2.45, 2.75) is 13.8 Å². The molecule has 176 valence electrons. The molecule has 2 aromatic carbocycles. The molecule has 2 N–H and O–H groups in total. The van der Waals surface area contributed by atoms with Crippen molar-refractivity contribution < 1.29 is 19.4 Å². The summed E-state index contributed by atoms with van der Waals surface area (Å²) in [5.41, 5.74) is 4.47. The average molecular weight is 461 g/mol. The topological polar surface area (TPSA) is 95.0 Å². The number of anilines is 3. The molecule has 1 saturated heterocycles. The highest BCUT2D eigenvalue weighted by molar-refractivity contribution is 6.05. The highest BCUT2D eigenvalue weighted by atomic mass is 16.5. The summed E-state index contributed by atoms with van der Waals surface area (Å²) in [7, 11) is 1.55. The number of hydrogen-bond acceptors (Lipinski definition) is 6. The van der Waals surface area contributed by atoms with Crippen molar-refractivity contribution in [1.29, 1.82) is 0 Å². The minimum Gasteiger partial charge on any atom is -0.497 e. The lowest BCUT2D eigenvalue weighted by atomic mass is 10.1. The number of carbonyl (C=O) groups excluding carboxylic acids is 1. The van der Waals surface area contributed by atoms with E-state index in [2.05, 4.69) is 47.2 Å². The van der Waals surface area contributed by atoms with Gasteiger partial charge in [0, 0.05) is 37.4 Å². The number of benzene rings is 2. The molecule has 34 heavy (non-hydrogen) atoms. The lowest BCUT2D eigenvalue weighted by Gasteiger charge is -2.38. The molecule has 8 heteroatoms. The van der Waals surface area contributed by atoms with Crippen LogP contribution in [0.25, 0.3) is 0 Å². The lowest BCUT2D eigenvalue weighted by molar-refractivity contribution is 0.0696. The van der Waals surface area contributed by atoms with E-state index >= 15 is 0 Å². The zero-order chi connectivity index (χ0) is 24.2. The summed E-state index contributed by atoms with van der Waals surface area (Å²) in [4.78, 5) is 33.3. The number of hydrogen-bond donors (Lipinski definition) is 2. The Morgan fingerprint density at radius 1 is 0.971 bits per heavy atom. The second kappa shape index (κ2) is 9.82. The molecule has 0 saturated carbocycles. The fraction of sp³-hybridized carbons (Fsp3) is 0.269. The number of carbonyl (C=O) groups is 2. The second-order valence-electron chi connectivity index (χ2n) is 8.35. The predicted octanol–water partition coefficient (Wildman–Crippen LogP) is 3.98. The van der Waals surface area contributed by atoms with E-state index in [9.17, 15) is 14.7 Å². The maximum atomic E-state index is 12.6. The molecule has 1 aliphatic rings. The molecule has 1 aromatic heterocycles. The summed E-state index contributed by atoms with van der Waals surface area (Å²) < 4.78 is 5.11. The molecule has 0 spiro atoms. The summed E-state index contributed by atoms with van der Waals surface area (Å²) in [6.45, 7) is 7.01. The number of pyridine rings is 1. The van der Waals surface area contributed by atoms with Crippen LogP contribution in [0.15, 0.2) is 54.7 Å². The molecule has 8 nitrogen and oxygen atoms in total. The van der Waals surface area contributed by atoms with E-state index in [0.29, 0.717) is 35.9 Å². The molecule has 1 aliphatic heterocycles. The number of piperazine rings is 1. The number of carboxylic acids is 1. The van der Waals surface area contributed by atoms with Crippen LogP contribution in [-0.2, 0) is 0 Å². The SMILES string of the molecule is COc1ccc(C(=O)Nc2cnc(N3CCN(c4cc(C)ccc4C)CC3)c(C(=O)O)c2)cc1. The van der Waals surface area contributed by atoms with E-state index < -0.39 is 5.97 Å². The average Bonchev–Trinajstić information content (AvgIpc) is 2.85. The van der Waals surface area contributed by atoms with Gasteiger partial charge in [-0.2, -0.15) is 0 Å². The lowest BCUT2D eigenvalue weighted by Crippen LogP contribution is -2.47. The molecular formula is C26H28N4O4. The Morgan fingerprint density at radius 3 is 2.29 bits per heavy atom. The van der Waals surface area contributed by atoms with Crippen LogP contribution in [0.2, 0.25) is 0 Å². The van der Waals surface area contributed by atoms with Gasteiger partial charge in [0.1, 0.15) is 17.1 Å². The van der Waals surface area contributed by atoms with E-state index in [1.54, 1.807) is 31.4 Å². The number of methoxy groups -OCH3 is 1. The Kier molecular flexibility index (Phi) is 6.67. The summed E-state index contributed by atoms with van der Waals surface area (Å²) in [5.74, 6) is -0.375. The van der Waals surface area contributed by atoms with E-state index in [1.165, 1.54) is 29.1 Å². The summed E-state index contributed by atoms with van der Waals surface area (Å²) >= 11 is 0. The van der Waals surface area contributed by atoms with Crippen molar-refractivity contribution in [1.82, 2.24) is 4.98 Å². The van der Waals surface area contributed by atoms with Gasteiger partial charge >= 0.3 is 5.97 Å². The Bertz CT molecular complexity index is 1200. The number of aromatic carboxylic acids is 1. The van der Waals surface area contributed by atoms with E-state index in [0.717, 1.165) is 13.1 Å². The molecule has 1 fully saturated rings. The van der Waals surface area contributed by atoms with Crippen LogP contribution in [0.4, 0.5) is 17.2 Å². The van der Waals surface area contributed by atoms with Crippen molar-refractivity contribution in [3.8, 4) is 5.75 Å². The van der Waals surface area contributed by atoms with Crippen LogP contribution < -0.4 is 19.9 Å². The Morgan fingerprint density at radius 2 is 1.65 bits per heavy atom. The number of carboxylic acid groups (broad SMARTS) is 1. The maximum Gasteiger partial charge on any atom is 0.339 e. The Labute approximate surface area is 198 Å². The number of nitrogens with zero attached hydrogens (tertiary/aromatic N) is 3. The number of aromatic nitrogens is 1. The Balaban J connectivity index is 1.48. The number of ether oxygens (including phenoxy) is 1. The van der Waals surface area contributed by atoms with Crippen LogP contribution in [0, 0.1) is 13.8 Å². The van der Waals surface area contributed by atoms with Gasteiger partial charge in [0.15, 0.2) is 0 Å². The molecule has 3 aromatic rings. The Hall–Kier alpha value is -4.07. The molecule has 0 radical (unpaired) electrons. The van der Waals surface area contributed by atoms with E-state index in [1.807, 2.05) is 4.90 Å². The quantitative estimate of drug-likeness (QED) is 0.574. The van der Waals surface area contributed by atoms with Gasteiger partial charge in [0.05, 0.1) is 19.0 Å². The van der Waals surface area contributed by atoms with Gasteiger partial charge in [0.25, 0.3) is 5.91 Å². The minimum absolute atomic E-state index is 0.0627. The van der Waals surface area contributed by atoms with Crippen LogP contribution in [0.5, 0.6) is 5.75 Å². The van der Waals surface area contributed by atoms with Gasteiger partial charge in [-0.3, -0.25) is 4.79 Å². The molecule has 2 heterocycles. The predicted molar refractivity (Wildman–Crippen MR) is 132 cm³/mol. The van der Waals surface area contributed by atoms with Gasteiger partial charge in [0.2, 0.25) is 0 Å². The third-order valence-electron chi connectivity index (χ3n) is 5.99. The fourth-order valence-corrected chi connectivity index (χ4v) is 4.10. The summed E-state index contributed by atoms with van der Waals surface area (Å²) in [6.07, 6.45) is 1.50. The number of rotatable bonds is 6. The molecule has 0 bridgehead atoms. The third kappa shape index (κ3) is 4.96. The number of amides is 1. The second-order valence-corrected chi connectivity index (χ2v) is 8.35. The van der Waals surface area contributed by atoms with E-state index in [-0.39, 0.29) is 11.5 Å². The van der Waals surface area contributed by atoms with E-state index in [4.69, 9.17) is 4.74 Å². The summed E-state index contributed by atoms with van der Waals surface area (Å²) in [6, 6.07) is 14.5. The molecule has 0 atom stereocenters. The van der Waals surface area contributed by atoms with Gasteiger partial charge in [-0.05, 0) is 61.4 Å². The molecule has 4 rings (SSSR count). The van der Waals surface area contributed by atoms with Crippen LogP contribution in [0.3, 0.4) is 0 Å². The molecular weight excluding hydrogens is 432 g/mol. The zero-order valence-electron chi connectivity index (χ0n) is 19.5. The highest BCUT2D eigenvalue weighted by Crippen LogP contribution is 2.27. The van der Waals surface area contributed by atoms with Gasteiger partial charge in [-0.25, -0.2) is 9.78 Å². The van der Waals surface area contributed by atoms with Crippen LogP contribution >= 0.6 is 0 Å². The van der Waals surface area contributed by atoms with Crippen molar-refractivity contribution in [3.05, 3.63) is 77.0 Å². The smallest absolute Gasteiger partial charge is 0.339 e.